The van der Waals surface area contributed by atoms with Crippen molar-refractivity contribution in [2.75, 3.05) is 18.0 Å². The van der Waals surface area contributed by atoms with Gasteiger partial charge in [-0.3, -0.25) is 4.79 Å². The molecule has 2 heterocycles. The molecule has 0 spiro atoms. The van der Waals surface area contributed by atoms with Crippen LogP contribution < -0.4 is 4.90 Å². The molecule has 0 unspecified atom stereocenters. The topological polar surface area (TPSA) is 46.1 Å². The van der Waals surface area contributed by atoms with Gasteiger partial charge in [-0.2, -0.15) is 0 Å². The Hall–Kier alpha value is -1.45. The fourth-order valence-electron chi connectivity index (χ4n) is 1.82. The van der Waals surface area contributed by atoms with Crippen LogP contribution in [0.1, 0.15) is 12.8 Å². The molecular formula is C11H13N3O. The van der Waals surface area contributed by atoms with Crippen molar-refractivity contribution in [3.8, 4) is 0 Å². The number of ketones is 1. The van der Waals surface area contributed by atoms with Crippen LogP contribution in [0.25, 0.3) is 0 Å². The van der Waals surface area contributed by atoms with Crippen LogP contribution in [0.2, 0.25) is 0 Å². The lowest BCUT2D eigenvalue weighted by molar-refractivity contribution is -0.119. The number of Topliss-reactive ketones (excluding diaryl/α,β-unsaturated/α-hetero) is 1. The predicted octanol–water partition coefficient (Wildman–Crippen LogP) is 0.973. The highest BCUT2D eigenvalue weighted by atomic mass is 16.1. The first-order valence-corrected chi connectivity index (χ1v) is 5.08. The van der Waals surface area contributed by atoms with E-state index in [2.05, 4.69) is 14.9 Å². The Kier molecular flexibility index (Phi) is 2.94. The summed E-state index contributed by atoms with van der Waals surface area (Å²) in [5, 5.41) is 0. The first kappa shape index (κ1) is 10.1. The van der Waals surface area contributed by atoms with Crippen LogP contribution in [0.4, 0.5) is 5.95 Å². The van der Waals surface area contributed by atoms with Crippen molar-refractivity contribution in [1.82, 2.24) is 9.97 Å². The van der Waals surface area contributed by atoms with Crippen molar-refractivity contribution in [3.05, 3.63) is 25.4 Å². The number of aromatic nitrogens is 2. The Bertz CT molecular complexity index is 331. The van der Waals surface area contributed by atoms with Gasteiger partial charge < -0.3 is 4.90 Å². The van der Waals surface area contributed by atoms with Crippen molar-refractivity contribution in [2.45, 2.75) is 12.8 Å². The molecular weight excluding hydrogens is 190 g/mol. The summed E-state index contributed by atoms with van der Waals surface area (Å²) in [6.45, 7) is 6.87. The fourth-order valence-corrected chi connectivity index (χ4v) is 1.82. The second kappa shape index (κ2) is 4.38. The van der Waals surface area contributed by atoms with E-state index in [1.54, 1.807) is 18.5 Å². The van der Waals surface area contributed by atoms with E-state index in [1.165, 1.54) is 0 Å². The Morgan fingerprint density at radius 3 is 2.47 bits per heavy atom. The van der Waals surface area contributed by atoms with E-state index in [0.29, 0.717) is 0 Å². The number of piperidine rings is 1. The molecule has 78 valence electrons. The monoisotopic (exact) mass is 203 g/mol. The molecule has 1 aromatic rings. The summed E-state index contributed by atoms with van der Waals surface area (Å²) in [4.78, 5) is 21.4. The van der Waals surface area contributed by atoms with E-state index in [9.17, 15) is 4.79 Å². The summed E-state index contributed by atoms with van der Waals surface area (Å²) in [6, 6.07) is 1.79. The summed E-state index contributed by atoms with van der Waals surface area (Å²) in [6.07, 6.45) is 5.05. The van der Waals surface area contributed by atoms with Crippen LogP contribution in [0.15, 0.2) is 18.5 Å². The van der Waals surface area contributed by atoms with E-state index in [0.717, 1.165) is 31.9 Å². The maximum Gasteiger partial charge on any atom is 0.225 e. The Morgan fingerprint density at radius 1 is 1.33 bits per heavy atom. The van der Waals surface area contributed by atoms with E-state index < -0.39 is 0 Å². The lowest BCUT2D eigenvalue weighted by Crippen LogP contribution is -2.36. The number of rotatable bonds is 2. The van der Waals surface area contributed by atoms with Gasteiger partial charge in [0.15, 0.2) is 0 Å². The minimum Gasteiger partial charge on any atom is -0.341 e. The van der Waals surface area contributed by atoms with Crippen LogP contribution in [-0.2, 0) is 4.79 Å². The van der Waals surface area contributed by atoms with Crippen LogP contribution in [-0.4, -0.2) is 28.8 Å². The minimum atomic E-state index is -0.191. The predicted molar refractivity (Wildman–Crippen MR) is 56.3 cm³/mol. The van der Waals surface area contributed by atoms with Crippen molar-refractivity contribution in [3.63, 3.8) is 0 Å². The second-order valence-corrected chi connectivity index (χ2v) is 3.71. The molecule has 2 radical (unpaired) electrons. The summed E-state index contributed by atoms with van der Waals surface area (Å²) in [7, 11) is 0. The molecule has 0 aromatic carbocycles. The molecule has 0 saturated carbocycles. The number of nitrogens with zero attached hydrogens (tertiary/aromatic N) is 3. The van der Waals surface area contributed by atoms with Gasteiger partial charge in [0.1, 0.15) is 5.78 Å². The summed E-state index contributed by atoms with van der Waals surface area (Å²) in [5.41, 5.74) is 0. The second-order valence-electron chi connectivity index (χ2n) is 3.71. The Morgan fingerprint density at radius 2 is 1.93 bits per heavy atom. The molecule has 0 atom stereocenters. The van der Waals surface area contributed by atoms with E-state index in [1.807, 2.05) is 0 Å². The standard InChI is InChI=1S/C11H13N3O/c1-9(15)10-3-7-14(8-4-10)11-12-5-2-6-13-11/h1-2,5-6,10H,3-4,7-8H2. The van der Waals surface area contributed by atoms with Gasteiger partial charge in [-0.25, -0.2) is 9.97 Å². The first-order chi connectivity index (χ1) is 7.27. The van der Waals surface area contributed by atoms with Gasteiger partial charge >= 0.3 is 0 Å². The number of hydrogen-bond donors (Lipinski definition) is 0. The molecule has 1 aliphatic rings. The van der Waals surface area contributed by atoms with Crippen LogP contribution in [0.5, 0.6) is 0 Å². The van der Waals surface area contributed by atoms with Crippen molar-refractivity contribution in [2.24, 2.45) is 5.92 Å². The normalized spacial score (nSPS) is 17.8. The molecule has 15 heavy (non-hydrogen) atoms. The van der Waals surface area contributed by atoms with Crippen molar-refractivity contribution < 1.29 is 4.79 Å². The smallest absolute Gasteiger partial charge is 0.225 e. The van der Waals surface area contributed by atoms with Gasteiger partial charge in [-0.05, 0) is 18.9 Å². The number of anilines is 1. The fraction of sp³-hybridized carbons (Fsp3) is 0.455. The molecule has 0 N–H and O–H groups in total. The molecule has 0 bridgehead atoms. The van der Waals surface area contributed by atoms with E-state index in [4.69, 9.17) is 6.92 Å². The molecule has 1 aliphatic heterocycles. The zero-order valence-corrected chi connectivity index (χ0v) is 8.47. The zero-order chi connectivity index (χ0) is 10.7. The zero-order valence-electron chi connectivity index (χ0n) is 8.47. The van der Waals surface area contributed by atoms with Gasteiger partial charge in [-0.1, -0.05) is 0 Å². The third-order valence-electron chi connectivity index (χ3n) is 2.73. The summed E-state index contributed by atoms with van der Waals surface area (Å²) >= 11 is 0. The molecule has 0 aliphatic carbocycles. The number of carbonyl (C=O) groups is 1. The highest BCUT2D eigenvalue weighted by Gasteiger charge is 2.23. The number of carbonyl (C=O) groups excluding carboxylic acids is 1. The largest absolute Gasteiger partial charge is 0.341 e. The van der Waals surface area contributed by atoms with Gasteiger partial charge in [0, 0.05) is 38.3 Å². The maximum absolute atomic E-state index is 11.0. The Balaban J connectivity index is 1.97. The average Bonchev–Trinajstić information content (AvgIpc) is 2.30. The van der Waals surface area contributed by atoms with Crippen molar-refractivity contribution in [1.29, 1.82) is 0 Å². The van der Waals surface area contributed by atoms with Gasteiger partial charge in [-0.15, -0.1) is 0 Å². The van der Waals surface area contributed by atoms with Crippen LogP contribution in [0.3, 0.4) is 0 Å². The molecule has 4 nitrogen and oxygen atoms in total. The van der Waals surface area contributed by atoms with Gasteiger partial charge in [0.2, 0.25) is 5.95 Å². The maximum atomic E-state index is 11.0. The average molecular weight is 203 g/mol. The lowest BCUT2D eigenvalue weighted by Gasteiger charge is -2.30. The highest BCUT2D eigenvalue weighted by Crippen LogP contribution is 2.20. The molecule has 1 fully saturated rings. The third-order valence-corrected chi connectivity index (χ3v) is 2.73. The summed E-state index contributed by atoms with van der Waals surface area (Å²) < 4.78 is 0. The Labute approximate surface area is 89.3 Å². The summed E-state index contributed by atoms with van der Waals surface area (Å²) in [5.74, 6) is 0.564. The third kappa shape index (κ3) is 2.32. The van der Waals surface area contributed by atoms with Crippen molar-refractivity contribution >= 4 is 11.7 Å². The number of hydrogen-bond acceptors (Lipinski definition) is 4. The highest BCUT2D eigenvalue weighted by molar-refractivity contribution is 5.85. The molecule has 4 heteroatoms. The van der Waals surface area contributed by atoms with Crippen LogP contribution >= 0.6 is 0 Å². The van der Waals surface area contributed by atoms with E-state index >= 15 is 0 Å². The minimum absolute atomic E-state index is 0.0185. The molecule has 0 amide bonds. The SMILES string of the molecule is [CH]C(=O)C1CCN(c2ncccn2)CC1. The van der Waals surface area contributed by atoms with Gasteiger partial charge in [0.25, 0.3) is 0 Å². The van der Waals surface area contributed by atoms with E-state index in [-0.39, 0.29) is 11.7 Å². The van der Waals surface area contributed by atoms with Gasteiger partial charge in [0.05, 0.1) is 0 Å². The first-order valence-electron chi connectivity index (χ1n) is 5.08. The van der Waals surface area contributed by atoms with Crippen LogP contribution in [0, 0.1) is 12.8 Å². The molecule has 1 saturated heterocycles. The lowest BCUT2D eigenvalue weighted by atomic mass is 9.94. The molecule has 2 rings (SSSR count). The quantitative estimate of drug-likeness (QED) is 0.718. The molecule has 1 aromatic heterocycles.